The molecule has 1 rings (SSSR count). The van der Waals surface area contributed by atoms with Crippen LogP contribution in [0.2, 0.25) is 0 Å². The van der Waals surface area contributed by atoms with Crippen LogP contribution < -0.4 is 0 Å². The number of likely N-dealkylation sites (N-methyl/N-ethyl adjacent to an activating group) is 1. The van der Waals surface area contributed by atoms with Gasteiger partial charge in [-0.25, -0.2) is 4.79 Å². The fourth-order valence-corrected chi connectivity index (χ4v) is 2.00. The van der Waals surface area contributed by atoms with E-state index in [-0.39, 0.29) is 18.7 Å². The molecule has 0 bridgehead atoms. The summed E-state index contributed by atoms with van der Waals surface area (Å²) in [6.07, 6.45) is 1.94. The smallest absolute Gasteiger partial charge is 0.323 e. The van der Waals surface area contributed by atoms with E-state index in [0.717, 1.165) is 12.8 Å². The normalized spacial score (nSPS) is 20.1. The second-order valence-corrected chi connectivity index (χ2v) is 4.20. The first-order chi connectivity index (χ1) is 8.04. The average molecular weight is 244 g/mol. The number of aliphatic carboxylic acids is 1. The van der Waals surface area contributed by atoms with Gasteiger partial charge in [-0.3, -0.25) is 4.79 Å². The van der Waals surface area contributed by atoms with Crippen LogP contribution in [0.25, 0.3) is 0 Å². The number of nitrogens with zero attached hydrogens (tertiary/aromatic N) is 2. The van der Waals surface area contributed by atoms with E-state index in [9.17, 15) is 9.59 Å². The first-order valence-electron chi connectivity index (χ1n) is 5.88. The molecule has 1 fully saturated rings. The van der Waals surface area contributed by atoms with Crippen LogP contribution in [0.4, 0.5) is 4.79 Å². The zero-order chi connectivity index (χ0) is 12.8. The lowest BCUT2D eigenvalue weighted by molar-refractivity contribution is -0.137. The predicted molar refractivity (Wildman–Crippen MR) is 61.9 cm³/mol. The van der Waals surface area contributed by atoms with Gasteiger partial charge < -0.3 is 19.6 Å². The van der Waals surface area contributed by atoms with Crippen LogP contribution in [-0.4, -0.2) is 66.3 Å². The highest BCUT2D eigenvalue weighted by atomic mass is 16.5. The first-order valence-corrected chi connectivity index (χ1v) is 5.88. The number of carbonyl (C=O) groups is 2. The Hall–Kier alpha value is -1.30. The maximum atomic E-state index is 11.9. The second kappa shape index (κ2) is 6.44. The molecule has 1 unspecified atom stereocenters. The number of piperidine rings is 1. The van der Waals surface area contributed by atoms with Gasteiger partial charge in [-0.05, 0) is 19.8 Å². The van der Waals surface area contributed by atoms with Gasteiger partial charge in [0.2, 0.25) is 0 Å². The lowest BCUT2D eigenvalue weighted by Crippen LogP contribution is -2.49. The fourth-order valence-electron chi connectivity index (χ4n) is 2.00. The summed E-state index contributed by atoms with van der Waals surface area (Å²) in [7, 11) is 1.50. The Bertz CT molecular complexity index is 281. The number of ether oxygens (including phenoxy) is 1. The van der Waals surface area contributed by atoms with E-state index in [1.54, 1.807) is 4.90 Å². The Kier molecular flexibility index (Phi) is 5.21. The molecule has 0 aromatic carbocycles. The van der Waals surface area contributed by atoms with Crippen LogP contribution in [0.1, 0.15) is 19.8 Å². The summed E-state index contributed by atoms with van der Waals surface area (Å²) in [5.74, 6) is -1.00. The molecule has 2 amide bonds. The van der Waals surface area contributed by atoms with E-state index in [0.29, 0.717) is 19.7 Å². The van der Waals surface area contributed by atoms with E-state index in [2.05, 4.69) is 0 Å². The molecule has 98 valence electrons. The summed E-state index contributed by atoms with van der Waals surface area (Å²) in [5.41, 5.74) is 0. The maximum absolute atomic E-state index is 11.9. The molecule has 1 aliphatic rings. The van der Waals surface area contributed by atoms with Gasteiger partial charge in [-0.15, -0.1) is 0 Å². The van der Waals surface area contributed by atoms with Gasteiger partial charge in [-0.2, -0.15) is 0 Å². The molecule has 1 N–H and O–H groups in total. The predicted octanol–water partition coefficient (Wildman–Crippen LogP) is 0.624. The Morgan fingerprint density at radius 3 is 2.82 bits per heavy atom. The highest BCUT2D eigenvalue weighted by Gasteiger charge is 2.26. The van der Waals surface area contributed by atoms with Crippen molar-refractivity contribution in [2.45, 2.75) is 25.9 Å². The number of hydrogen-bond donors (Lipinski definition) is 1. The monoisotopic (exact) mass is 244 g/mol. The van der Waals surface area contributed by atoms with E-state index in [4.69, 9.17) is 9.84 Å². The molecule has 17 heavy (non-hydrogen) atoms. The SMILES string of the molecule is CCOC1CCCN(C(=O)N(C)CC(=O)O)C1. The summed E-state index contributed by atoms with van der Waals surface area (Å²) in [4.78, 5) is 25.3. The van der Waals surface area contributed by atoms with E-state index in [1.165, 1.54) is 11.9 Å². The van der Waals surface area contributed by atoms with Gasteiger partial charge in [0, 0.05) is 26.7 Å². The minimum atomic E-state index is -1.00. The zero-order valence-electron chi connectivity index (χ0n) is 10.4. The summed E-state index contributed by atoms with van der Waals surface area (Å²) >= 11 is 0. The van der Waals surface area contributed by atoms with Crippen molar-refractivity contribution >= 4 is 12.0 Å². The van der Waals surface area contributed by atoms with Crippen LogP contribution >= 0.6 is 0 Å². The molecule has 0 aromatic heterocycles. The van der Waals surface area contributed by atoms with E-state index < -0.39 is 5.97 Å². The van der Waals surface area contributed by atoms with Gasteiger partial charge in [-0.1, -0.05) is 0 Å². The lowest BCUT2D eigenvalue weighted by Gasteiger charge is -2.34. The Labute approximate surface area is 101 Å². The van der Waals surface area contributed by atoms with Crippen LogP contribution in [0.15, 0.2) is 0 Å². The van der Waals surface area contributed by atoms with Gasteiger partial charge >= 0.3 is 12.0 Å². The highest BCUT2D eigenvalue weighted by molar-refractivity contribution is 5.80. The summed E-state index contributed by atoms with van der Waals surface area (Å²) in [6, 6.07) is -0.239. The molecule has 0 aliphatic carbocycles. The number of likely N-dealkylation sites (tertiary alicyclic amines) is 1. The molecular formula is C11H20N2O4. The molecular weight excluding hydrogens is 224 g/mol. The number of urea groups is 1. The first kappa shape index (κ1) is 13.8. The Morgan fingerprint density at radius 2 is 2.24 bits per heavy atom. The third kappa shape index (κ3) is 4.22. The fraction of sp³-hybridized carbons (Fsp3) is 0.818. The molecule has 0 spiro atoms. The summed E-state index contributed by atoms with van der Waals surface area (Å²) in [6.45, 7) is 3.52. The van der Waals surface area contributed by atoms with Gasteiger partial charge in [0.05, 0.1) is 6.10 Å². The minimum absolute atomic E-state index is 0.0796. The van der Waals surface area contributed by atoms with Crippen molar-refractivity contribution < 1.29 is 19.4 Å². The van der Waals surface area contributed by atoms with Crippen molar-refractivity contribution in [2.24, 2.45) is 0 Å². The minimum Gasteiger partial charge on any atom is -0.480 e. The standard InChI is InChI=1S/C11H20N2O4/c1-3-17-9-5-4-6-13(7-9)11(16)12(2)8-10(14)15/h9H,3-8H2,1-2H3,(H,14,15). The summed E-state index contributed by atoms with van der Waals surface area (Å²) < 4.78 is 5.50. The van der Waals surface area contributed by atoms with Crippen molar-refractivity contribution in [3.63, 3.8) is 0 Å². The third-order valence-corrected chi connectivity index (χ3v) is 2.75. The molecule has 1 atom stereocenters. The number of rotatable bonds is 4. The maximum Gasteiger partial charge on any atom is 0.323 e. The van der Waals surface area contributed by atoms with Crippen LogP contribution in [0.3, 0.4) is 0 Å². The van der Waals surface area contributed by atoms with Crippen LogP contribution in [-0.2, 0) is 9.53 Å². The van der Waals surface area contributed by atoms with Crippen molar-refractivity contribution in [3.05, 3.63) is 0 Å². The highest BCUT2D eigenvalue weighted by Crippen LogP contribution is 2.14. The molecule has 1 saturated heterocycles. The molecule has 1 aliphatic heterocycles. The molecule has 0 saturated carbocycles. The van der Waals surface area contributed by atoms with Gasteiger partial charge in [0.1, 0.15) is 6.54 Å². The number of carbonyl (C=O) groups excluding carboxylic acids is 1. The zero-order valence-corrected chi connectivity index (χ0v) is 10.4. The molecule has 6 heteroatoms. The van der Waals surface area contributed by atoms with Crippen molar-refractivity contribution in [2.75, 3.05) is 33.3 Å². The van der Waals surface area contributed by atoms with E-state index >= 15 is 0 Å². The van der Waals surface area contributed by atoms with Crippen molar-refractivity contribution in [3.8, 4) is 0 Å². The number of carboxylic acid groups (broad SMARTS) is 1. The molecule has 0 aromatic rings. The van der Waals surface area contributed by atoms with Crippen molar-refractivity contribution in [1.82, 2.24) is 9.80 Å². The van der Waals surface area contributed by atoms with Gasteiger partial charge in [0.15, 0.2) is 0 Å². The lowest BCUT2D eigenvalue weighted by atomic mass is 10.1. The van der Waals surface area contributed by atoms with E-state index in [1.807, 2.05) is 6.92 Å². The Balaban J connectivity index is 2.48. The average Bonchev–Trinajstić information content (AvgIpc) is 2.28. The van der Waals surface area contributed by atoms with Gasteiger partial charge in [0.25, 0.3) is 0 Å². The summed E-state index contributed by atoms with van der Waals surface area (Å²) in [5, 5.41) is 8.63. The Morgan fingerprint density at radius 1 is 1.53 bits per heavy atom. The number of hydrogen-bond acceptors (Lipinski definition) is 3. The van der Waals surface area contributed by atoms with Crippen molar-refractivity contribution in [1.29, 1.82) is 0 Å². The third-order valence-electron chi connectivity index (χ3n) is 2.75. The van der Waals surface area contributed by atoms with Crippen LogP contribution in [0, 0.1) is 0 Å². The quantitative estimate of drug-likeness (QED) is 0.787. The molecule has 0 radical (unpaired) electrons. The number of carboxylic acids is 1. The largest absolute Gasteiger partial charge is 0.480 e. The molecule has 1 heterocycles. The second-order valence-electron chi connectivity index (χ2n) is 4.20. The van der Waals surface area contributed by atoms with Crippen LogP contribution in [0.5, 0.6) is 0 Å². The topological polar surface area (TPSA) is 70.1 Å². The number of amides is 2. The molecule has 6 nitrogen and oxygen atoms in total.